The molecule has 0 aromatic heterocycles. The monoisotopic (exact) mass is 248 g/mol. The Bertz CT molecular complexity index is 224. The van der Waals surface area contributed by atoms with E-state index in [1.54, 1.807) is 6.92 Å². The molecule has 0 aromatic carbocycles. The van der Waals surface area contributed by atoms with Gasteiger partial charge in [-0.15, -0.1) is 0 Å². The molecule has 0 saturated heterocycles. The number of rotatable bonds is 5. The van der Waals surface area contributed by atoms with Crippen LogP contribution in [-0.4, -0.2) is 17.1 Å². The number of hydrogen-bond donors (Lipinski definition) is 1. The highest BCUT2D eigenvalue weighted by Gasteiger charge is 2.48. The lowest BCUT2D eigenvalue weighted by Crippen LogP contribution is -2.52. The summed E-state index contributed by atoms with van der Waals surface area (Å²) in [6, 6.07) is 0. The largest absolute Gasteiger partial charge is 0.389 e. The van der Waals surface area contributed by atoms with Crippen molar-refractivity contribution in [3.8, 4) is 0 Å². The normalized spacial score (nSPS) is 24.0. The van der Waals surface area contributed by atoms with Crippen LogP contribution in [0.3, 0.4) is 0 Å². The zero-order chi connectivity index (χ0) is 13.1. The molecule has 1 saturated carbocycles. The average molecular weight is 248 g/mol. The molecule has 3 heteroatoms. The molecule has 1 aliphatic rings. The van der Waals surface area contributed by atoms with Crippen molar-refractivity contribution in [1.29, 1.82) is 0 Å². The summed E-state index contributed by atoms with van der Waals surface area (Å²) in [6.45, 7) is 5.51. The maximum absolute atomic E-state index is 13.2. The first-order valence-electron chi connectivity index (χ1n) is 6.95. The van der Waals surface area contributed by atoms with Gasteiger partial charge in [0.25, 0.3) is 0 Å². The summed E-state index contributed by atoms with van der Waals surface area (Å²) in [5, 5.41) is 10.9. The van der Waals surface area contributed by atoms with Crippen molar-refractivity contribution in [3.63, 3.8) is 0 Å². The molecule has 0 spiro atoms. The van der Waals surface area contributed by atoms with Crippen molar-refractivity contribution in [2.45, 2.75) is 71.3 Å². The summed E-state index contributed by atoms with van der Waals surface area (Å²) >= 11 is 0. The molecular weight excluding hydrogens is 222 g/mol. The first-order chi connectivity index (χ1) is 7.94. The van der Waals surface area contributed by atoms with Gasteiger partial charge in [0.05, 0.1) is 5.60 Å². The Balaban J connectivity index is 2.93. The molecule has 0 amide bonds. The van der Waals surface area contributed by atoms with Crippen LogP contribution >= 0.6 is 0 Å². The summed E-state index contributed by atoms with van der Waals surface area (Å²) in [4.78, 5) is 0. The van der Waals surface area contributed by atoms with Crippen molar-refractivity contribution in [3.05, 3.63) is 0 Å². The van der Waals surface area contributed by atoms with E-state index in [0.717, 1.165) is 25.7 Å². The van der Waals surface area contributed by atoms with E-state index in [4.69, 9.17) is 0 Å². The summed E-state index contributed by atoms with van der Waals surface area (Å²) in [5.74, 6) is -0.939. The smallest absolute Gasteiger partial charge is 0.244 e. The minimum Gasteiger partial charge on any atom is -0.389 e. The van der Waals surface area contributed by atoms with Crippen LogP contribution in [-0.2, 0) is 0 Å². The van der Waals surface area contributed by atoms with E-state index in [9.17, 15) is 13.9 Å². The molecule has 1 N–H and O–H groups in total. The predicted octanol–water partition coefficient (Wildman–Crippen LogP) is 4.25. The van der Waals surface area contributed by atoms with E-state index in [1.165, 1.54) is 6.42 Å². The van der Waals surface area contributed by atoms with Gasteiger partial charge in [0.2, 0.25) is 6.43 Å². The first-order valence-corrected chi connectivity index (χ1v) is 6.95. The van der Waals surface area contributed by atoms with Crippen LogP contribution in [0, 0.1) is 17.8 Å². The highest BCUT2D eigenvalue weighted by Crippen LogP contribution is 2.44. The Morgan fingerprint density at radius 1 is 1.18 bits per heavy atom. The van der Waals surface area contributed by atoms with Gasteiger partial charge in [-0.3, -0.25) is 0 Å². The van der Waals surface area contributed by atoms with Crippen LogP contribution < -0.4 is 0 Å². The Labute approximate surface area is 104 Å². The summed E-state index contributed by atoms with van der Waals surface area (Å²) in [5.41, 5.74) is -1.19. The molecule has 1 fully saturated rings. The van der Waals surface area contributed by atoms with Gasteiger partial charge in [0.1, 0.15) is 0 Å². The molecule has 17 heavy (non-hydrogen) atoms. The fourth-order valence-corrected chi connectivity index (χ4v) is 3.47. The third-order valence-electron chi connectivity index (χ3n) is 4.52. The maximum Gasteiger partial charge on any atom is 0.244 e. The van der Waals surface area contributed by atoms with Crippen LogP contribution in [0.5, 0.6) is 0 Å². The van der Waals surface area contributed by atoms with E-state index in [-0.39, 0.29) is 11.8 Å². The molecule has 1 aliphatic carbocycles. The van der Waals surface area contributed by atoms with Gasteiger partial charge in [-0.25, -0.2) is 8.78 Å². The molecular formula is C14H26F2O. The van der Waals surface area contributed by atoms with Crippen LogP contribution in [0.1, 0.15) is 59.3 Å². The molecule has 0 heterocycles. The van der Waals surface area contributed by atoms with Gasteiger partial charge >= 0.3 is 0 Å². The molecule has 1 nitrogen and oxygen atoms in total. The summed E-state index contributed by atoms with van der Waals surface area (Å²) in [7, 11) is 0. The van der Waals surface area contributed by atoms with Crippen molar-refractivity contribution in [2.75, 3.05) is 0 Å². The second kappa shape index (κ2) is 6.12. The maximum atomic E-state index is 13.2. The van der Waals surface area contributed by atoms with Crippen LogP contribution in [0.15, 0.2) is 0 Å². The molecule has 1 rings (SSSR count). The lowest BCUT2D eigenvalue weighted by Gasteiger charge is -2.46. The van der Waals surface area contributed by atoms with Gasteiger partial charge in [-0.1, -0.05) is 40.0 Å². The second-order valence-corrected chi connectivity index (χ2v) is 5.73. The van der Waals surface area contributed by atoms with E-state index in [1.807, 2.05) is 13.8 Å². The molecule has 102 valence electrons. The van der Waals surface area contributed by atoms with Crippen LogP contribution in [0.2, 0.25) is 0 Å². The van der Waals surface area contributed by atoms with E-state index >= 15 is 0 Å². The molecule has 2 atom stereocenters. The summed E-state index contributed by atoms with van der Waals surface area (Å²) in [6.07, 6.45) is 3.04. The average Bonchev–Trinajstić information content (AvgIpc) is 2.30. The molecule has 0 aromatic rings. The topological polar surface area (TPSA) is 20.2 Å². The predicted molar refractivity (Wildman–Crippen MR) is 66.1 cm³/mol. The lowest BCUT2D eigenvalue weighted by atomic mass is 9.64. The van der Waals surface area contributed by atoms with E-state index in [2.05, 4.69) is 0 Å². The van der Waals surface area contributed by atoms with Crippen molar-refractivity contribution < 1.29 is 13.9 Å². The highest BCUT2D eigenvalue weighted by atomic mass is 19.3. The van der Waals surface area contributed by atoms with Gasteiger partial charge < -0.3 is 5.11 Å². The second-order valence-electron chi connectivity index (χ2n) is 5.73. The van der Waals surface area contributed by atoms with E-state index in [0.29, 0.717) is 6.42 Å². The number of aliphatic hydroxyl groups is 1. The third kappa shape index (κ3) is 2.98. The van der Waals surface area contributed by atoms with Crippen LogP contribution in [0.4, 0.5) is 8.78 Å². The number of alkyl halides is 2. The standard InChI is InChI=1S/C14H26F2O/c1-4-12(13(15)16)14(17,10(2)3)11-8-6-5-7-9-11/h10-13,17H,4-9H2,1-3H3. The first kappa shape index (κ1) is 14.9. The Morgan fingerprint density at radius 2 is 1.71 bits per heavy atom. The minimum atomic E-state index is -2.42. The Kier molecular flexibility index (Phi) is 5.36. The quantitative estimate of drug-likeness (QED) is 0.771. The molecule has 0 bridgehead atoms. The minimum absolute atomic E-state index is 0.0511. The lowest BCUT2D eigenvalue weighted by molar-refractivity contribution is -0.156. The molecule has 0 radical (unpaired) electrons. The fourth-order valence-electron chi connectivity index (χ4n) is 3.47. The fraction of sp³-hybridized carbons (Fsp3) is 1.00. The highest BCUT2D eigenvalue weighted by molar-refractivity contribution is 4.96. The SMILES string of the molecule is CCC(C(F)F)C(O)(C(C)C)C1CCCCC1. The summed E-state index contributed by atoms with van der Waals surface area (Å²) < 4.78 is 26.3. The van der Waals surface area contributed by atoms with Crippen molar-refractivity contribution >= 4 is 0 Å². The number of hydrogen-bond acceptors (Lipinski definition) is 1. The molecule has 2 unspecified atom stereocenters. The molecule has 0 aliphatic heterocycles. The zero-order valence-electron chi connectivity index (χ0n) is 11.3. The zero-order valence-corrected chi connectivity index (χ0v) is 11.3. The Morgan fingerprint density at radius 3 is 2.06 bits per heavy atom. The third-order valence-corrected chi connectivity index (χ3v) is 4.52. The van der Waals surface area contributed by atoms with Crippen LogP contribution in [0.25, 0.3) is 0 Å². The van der Waals surface area contributed by atoms with Gasteiger partial charge in [-0.05, 0) is 31.1 Å². The number of halogens is 2. The van der Waals surface area contributed by atoms with E-state index < -0.39 is 17.9 Å². The van der Waals surface area contributed by atoms with Crippen molar-refractivity contribution in [2.24, 2.45) is 17.8 Å². The Hall–Kier alpha value is -0.180. The van der Waals surface area contributed by atoms with Crippen molar-refractivity contribution in [1.82, 2.24) is 0 Å². The van der Waals surface area contributed by atoms with Gasteiger partial charge in [-0.2, -0.15) is 0 Å². The van der Waals surface area contributed by atoms with Gasteiger partial charge in [0, 0.05) is 5.92 Å². The van der Waals surface area contributed by atoms with Gasteiger partial charge in [0.15, 0.2) is 0 Å².